The van der Waals surface area contributed by atoms with Crippen molar-refractivity contribution in [2.75, 3.05) is 0 Å². The van der Waals surface area contributed by atoms with E-state index in [0.29, 0.717) is 0 Å². The van der Waals surface area contributed by atoms with Gasteiger partial charge in [0.25, 0.3) is 0 Å². The van der Waals surface area contributed by atoms with Gasteiger partial charge in [-0.15, -0.1) is 0 Å². The lowest BCUT2D eigenvalue weighted by Crippen LogP contribution is -2.56. The molecule has 6 nitrogen and oxygen atoms in total. The Morgan fingerprint density at radius 3 is 1.95 bits per heavy atom. The molecule has 0 saturated carbocycles. The molecule has 0 aromatic heterocycles. The molecule has 1 fully saturated rings. The van der Waals surface area contributed by atoms with Crippen LogP contribution in [0.2, 0.25) is 0 Å². The Balaban J connectivity index is 3.08. The van der Waals surface area contributed by atoms with E-state index in [2.05, 4.69) is 6.58 Å². The number of hydrogen-bond donors (Lipinski definition) is 0. The highest BCUT2D eigenvalue weighted by Gasteiger charge is 2.59. The summed E-state index contributed by atoms with van der Waals surface area (Å²) >= 11 is 0. The second kappa shape index (κ2) is 5.54. The highest BCUT2D eigenvalue weighted by molar-refractivity contribution is 5.87. The molecule has 0 aromatic carbocycles. The van der Waals surface area contributed by atoms with E-state index in [-0.39, 0.29) is 17.8 Å². The van der Waals surface area contributed by atoms with Crippen molar-refractivity contribution in [1.82, 2.24) is 0 Å². The molecule has 0 radical (unpaired) electrons. The molecule has 3 unspecified atom stereocenters. The first-order valence-electron chi connectivity index (χ1n) is 6.45. The van der Waals surface area contributed by atoms with Crippen LogP contribution in [0.4, 0.5) is 0 Å². The fraction of sp³-hybridized carbons (Fsp3) is 0.714. The Morgan fingerprint density at radius 1 is 1.15 bits per heavy atom. The minimum atomic E-state index is -1.70. The van der Waals surface area contributed by atoms with Crippen molar-refractivity contribution in [3.05, 3.63) is 12.2 Å². The predicted octanol–water partition coefficient (Wildman–Crippen LogP) is 1.93. The van der Waals surface area contributed by atoms with Gasteiger partial charge in [-0.1, -0.05) is 6.58 Å². The van der Waals surface area contributed by atoms with Crippen LogP contribution in [0, 0.1) is 0 Å². The molecule has 1 aliphatic heterocycles. The predicted molar refractivity (Wildman–Crippen MR) is 70.6 cm³/mol. The molecule has 0 aliphatic carbocycles. The molecule has 0 aromatic rings. The molecule has 6 heteroatoms. The monoisotopic (exact) mass is 286 g/mol. The number of carbonyl (C=O) groups excluding carboxylic acids is 2. The highest BCUT2D eigenvalue weighted by Crippen LogP contribution is 2.40. The van der Waals surface area contributed by atoms with Crippen LogP contribution < -0.4 is 0 Å². The topological polar surface area (TPSA) is 71.1 Å². The molecule has 1 heterocycles. The van der Waals surface area contributed by atoms with E-state index in [1.165, 1.54) is 20.8 Å². The van der Waals surface area contributed by atoms with Crippen molar-refractivity contribution in [3.8, 4) is 0 Å². The lowest BCUT2D eigenvalue weighted by atomic mass is 10.1. The number of esters is 2. The molecule has 0 N–H and O–H groups in total. The fourth-order valence-corrected chi connectivity index (χ4v) is 1.89. The summed E-state index contributed by atoms with van der Waals surface area (Å²) < 4.78 is 21.8. The first kappa shape index (κ1) is 16.7. The van der Waals surface area contributed by atoms with Crippen LogP contribution in [0.3, 0.4) is 0 Å². The molecule has 0 spiro atoms. The minimum Gasteiger partial charge on any atom is -0.417 e. The lowest BCUT2D eigenvalue weighted by molar-refractivity contribution is -0.346. The maximum atomic E-state index is 11.8. The molecule has 0 bridgehead atoms. The number of carbonyl (C=O) groups is 2. The Morgan fingerprint density at radius 2 is 1.60 bits per heavy atom. The molecule has 1 aliphatic rings. The molecular weight excluding hydrogens is 264 g/mol. The average molecular weight is 286 g/mol. The van der Waals surface area contributed by atoms with Gasteiger partial charge < -0.3 is 18.9 Å². The smallest absolute Gasteiger partial charge is 0.336 e. The normalized spacial score (nSPS) is 32.3. The molecule has 3 atom stereocenters. The maximum Gasteiger partial charge on any atom is 0.336 e. The molecule has 1 saturated heterocycles. The average Bonchev–Trinajstić information content (AvgIpc) is 2.52. The largest absolute Gasteiger partial charge is 0.417 e. The van der Waals surface area contributed by atoms with Crippen molar-refractivity contribution in [2.45, 2.75) is 65.3 Å². The summed E-state index contributed by atoms with van der Waals surface area (Å²) in [5.41, 5.74) is 0.186. The fourth-order valence-electron chi connectivity index (χ4n) is 1.89. The maximum absolute atomic E-state index is 11.8. The van der Waals surface area contributed by atoms with Gasteiger partial charge in [-0.25, -0.2) is 4.79 Å². The zero-order chi connectivity index (χ0) is 15.7. The number of rotatable bonds is 4. The second-order valence-corrected chi connectivity index (χ2v) is 5.30. The first-order valence-corrected chi connectivity index (χ1v) is 6.45. The third-order valence-corrected chi connectivity index (χ3v) is 3.28. The van der Waals surface area contributed by atoms with Crippen LogP contribution in [0.25, 0.3) is 0 Å². The third kappa shape index (κ3) is 3.19. The quantitative estimate of drug-likeness (QED) is 0.447. The summed E-state index contributed by atoms with van der Waals surface area (Å²) in [5, 5.41) is 0. The van der Waals surface area contributed by atoms with E-state index in [1.54, 1.807) is 6.92 Å². The van der Waals surface area contributed by atoms with Gasteiger partial charge >= 0.3 is 17.7 Å². The van der Waals surface area contributed by atoms with Crippen molar-refractivity contribution >= 4 is 11.9 Å². The van der Waals surface area contributed by atoms with E-state index >= 15 is 0 Å². The minimum absolute atomic E-state index is 0.186. The van der Waals surface area contributed by atoms with Crippen LogP contribution in [0.5, 0.6) is 0 Å². The summed E-state index contributed by atoms with van der Waals surface area (Å²) in [6, 6.07) is 0. The van der Waals surface area contributed by atoms with Crippen molar-refractivity contribution in [1.29, 1.82) is 0 Å². The molecule has 1 rings (SSSR count). The molecule has 20 heavy (non-hydrogen) atoms. The Hall–Kier alpha value is -1.40. The summed E-state index contributed by atoms with van der Waals surface area (Å²) in [7, 11) is 0. The van der Waals surface area contributed by atoms with Gasteiger partial charge in [-0.2, -0.15) is 0 Å². The van der Waals surface area contributed by atoms with Crippen molar-refractivity contribution in [3.63, 3.8) is 0 Å². The second-order valence-electron chi connectivity index (χ2n) is 5.30. The third-order valence-electron chi connectivity index (χ3n) is 3.28. The summed E-state index contributed by atoms with van der Waals surface area (Å²) in [6.45, 7) is 12.9. The molecule has 0 amide bonds. The van der Waals surface area contributed by atoms with Gasteiger partial charge in [0.15, 0.2) is 0 Å². The zero-order valence-corrected chi connectivity index (χ0v) is 12.8. The van der Waals surface area contributed by atoms with Crippen LogP contribution in [0.15, 0.2) is 12.2 Å². The summed E-state index contributed by atoms with van der Waals surface area (Å²) in [6.07, 6.45) is -0.447. The van der Waals surface area contributed by atoms with E-state index in [1.807, 2.05) is 13.8 Å². The van der Waals surface area contributed by atoms with E-state index < -0.39 is 23.5 Å². The Bertz CT molecular complexity index is 419. The molecular formula is C14H22O6. The standard InChI is InChI=1S/C14H22O6/c1-8(2)12(16)20-14(7,19-11(5)15)13(6)17-9(3)10(4)18-13/h9-10H,1H2,2-7H3. The highest BCUT2D eigenvalue weighted by atomic mass is 16.8. The zero-order valence-electron chi connectivity index (χ0n) is 12.8. The molecule has 114 valence electrons. The SMILES string of the molecule is C=C(C)C(=O)OC(C)(OC(C)=O)C1(C)OC(C)C(C)O1. The Kier molecular flexibility index (Phi) is 4.61. The van der Waals surface area contributed by atoms with Gasteiger partial charge in [0, 0.05) is 19.4 Å². The first-order chi connectivity index (χ1) is 9.01. The van der Waals surface area contributed by atoms with Crippen LogP contribution in [0.1, 0.15) is 41.5 Å². The van der Waals surface area contributed by atoms with Crippen molar-refractivity contribution in [2.24, 2.45) is 0 Å². The van der Waals surface area contributed by atoms with Gasteiger partial charge in [-0.05, 0) is 27.7 Å². The van der Waals surface area contributed by atoms with Gasteiger partial charge in [-0.3, -0.25) is 4.79 Å². The van der Waals surface area contributed by atoms with Gasteiger partial charge in [0.2, 0.25) is 5.79 Å². The lowest BCUT2D eigenvalue weighted by Gasteiger charge is -2.39. The van der Waals surface area contributed by atoms with E-state index in [4.69, 9.17) is 18.9 Å². The summed E-state index contributed by atoms with van der Waals surface area (Å²) in [4.78, 5) is 23.1. The van der Waals surface area contributed by atoms with Crippen molar-refractivity contribution < 1.29 is 28.5 Å². The van der Waals surface area contributed by atoms with E-state index in [0.717, 1.165) is 0 Å². The van der Waals surface area contributed by atoms with Gasteiger partial charge in [0.05, 0.1) is 12.2 Å². The number of hydrogen-bond acceptors (Lipinski definition) is 6. The van der Waals surface area contributed by atoms with Gasteiger partial charge in [0.1, 0.15) is 0 Å². The van der Waals surface area contributed by atoms with E-state index in [9.17, 15) is 9.59 Å². The van der Waals surface area contributed by atoms with Crippen LogP contribution in [-0.2, 0) is 28.5 Å². The van der Waals surface area contributed by atoms with Crippen LogP contribution >= 0.6 is 0 Å². The van der Waals surface area contributed by atoms with Crippen LogP contribution in [-0.4, -0.2) is 35.7 Å². The summed E-state index contributed by atoms with van der Waals surface area (Å²) in [5.74, 6) is -4.38. The Labute approximate surface area is 119 Å². The number of ether oxygens (including phenoxy) is 4.